The van der Waals surface area contributed by atoms with E-state index in [1.807, 2.05) is 13.0 Å². The third kappa shape index (κ3) is 2.43. The normalized spacial score (nSPS) is 23.7. The van der Waals surface area contributed by atoms with Crippen molar-refractivity contribution in [2.24, 2.45) is 11.7 Å². The van der Waals surface area contributed by atoms with E-state index in [1.54, 1.807) is 34.9 Å². The quantitative estimate of drug-likeness (QED) is 0.934. The van der Waals surface area contributed by atoms with Crippen molar-refractivity contribution in [3.8, 4) is 0 Å². The van der Waals surface area contributed by atoms with Gasteiger partial charge in [-0.05, 0) is 37.9 Å². The third-order valence-corrected chi connectivity index (χ3v) is 6.20. The molecule has 2 atom stereocenters. The minimum atomic E-state index is -3.51. The van der Waals surface area contributed by atoms with Crippen LogP contribution >= 0.6 is 0 Å². The lowest BCUT2D eigenvalue weighted by Crippen LogP contribution is -2.34. The summed E-state index contributed by atoms with van der Waals surface area (Å²) in [6.07, 6.45) is 4.13. The van der Waals surface area contributed by atoms with E-state index in [4.69, 9.17) is 5.73 Å². The molecule has 1 fully saturated rings. The maximum atomic E-state index is 13.0. The summed E-state index contributed by atoms with van der Waals surface area (Å²) in [5, 5.41) is 1.55. The maximum absolute atomic E-state index is 13.0. The van der Waals surface area contributed by atoms with Crippen LogP contribution in [-0.4, -0.2) is 36.8 Å². The second kappa shape index (κ2) is 5.36. The van der Waals surface area contributed by atoms with Gasteiger partial charge in [0.25, 0.3) is 0 Å². The van der Waals surface area contributed by atoms with Gasteiger partial charge < -0.3 is 5.73 Å². The van der Waals surface area contributed by atoms with Crippen LogP contribution in [0.4, 0.5) is 0 Å². The first-order valence-electron chi connectivity index (χ1n) is 7.08. The number of nitrogens with two attached hydrogens (primary N) is 1. The monoisotopic (exact) mass is 305 g/mol. The molecule has 0 aliphatic carbocycles. The molecule has 2 N–H and O–H groups in total. The van der Waals surface area contributed by atoms with E-state index in [9.17, 15) is 8.42 Å². The summed E-state index contributed by atoms with van der Waals surface area (Å²) in [4.78, 5) is 4.40. The van der Waals surface area contributed by atoms with Gasteiger partial charge in [0.2, 0.25) is 10.0 Å². The molecule has 0 bridgehead atoms. The molecule has 21 heavy (non-hydrogen) atoms. The lowest BCUT2D eigenvalue weighted by molar-refractivity contribution is 0.405. The van der Waals surface area contributed by atoms with Gasteiger partial charge in [0, 0.05) is 35.8 Å². The Labute approximate surface area is 124 Å². The zero-order chi connectivity index (χ0) is 15.0. The van der Waals surface area contributed by atoms with Gasteiger partial charge in [0.1, 0.15) is 0 Å². The molecule has 5 nitrogen and oxygen atoms in total. The van der Waals surface area contributed by atoms with Crippen molar-refractivity contribution in [1.29, 1.82) is 0 Å². The van der Waals surface area contributed by atoms with Gasteiger partial charge >= 0.3 is 0 Å². The lowest BCUT2D eigenvalue weighted by atomic mass is 10.1. The van der Waals surface area contributed by atoms with Crippen LogP contribution in [0.5, 0.6) is 0 Å². The van der Waals surface area contributed by atoms with E-state index >= 15 is 0 Å². The van der Waals surface area contributed by atoms with Crippen LogP contribution in [-0.2, 0) is 10.0 Å². The minimum absolute atomic E-state index is 0.0133. The number of benzene rings is 1. The molecule has 1 aliphatic rings. The van der Waals surface area contributed by atoms with Crippen molar-refractivity contribution < 1.29 is 8.42 Å². The van der Waals surface area contributed by atoms with E-state index in [0.29, 0.717) is 18.0 Å². The highest BCUT2D eigenvalue weighted by atomic mass is 32.2. The van der Waals surface area contributed by atoms with Gasteiger partial charge in [0.15, 0.2) is 0 Å². The molecule has 0 radical (unpaired) electrons. The average molecular weight is 305 g/mol. The molecule has 112 valence electrons. The zero-order valence-electron chi connectivity index (χ0n) is 11.9. The van der Waals surface area contributed by atoms with Crippen LogP contribution in [0.1, 0.15) is 13.3 Å². The predicted molar refractivity (Wildman–Crippen MR) is 82.3 cm³/mol. The summed E-state index contributed by atoms with van der Waals surface area (Å²) in [6, 6.07) is 7.04. The Morgan fingerprint density at radius 3 is 2.90 bits per heavy atom. The molecule has 0 saturated carbocycles. The number of pyridine rings is 1. The highest BCUT2D eigenvalue weighted by Gasteiger charge is 2.37. The third-order valence-electron chi connectivity index (χ3n) is 4.16. The summed E-state index contributed by atoms with van der Waals surface area (Å²) in [7, 11) is -3.51. The van der Waals surface area contributed by atoms with Gasteiger partial charge in [-0.3, -0.25) is 4.98 Å². The molecule has 2 unspecified atom stereocenters. The van der Waals surface area contributed by atoms with Gasteiger partial charge in [-0.1, -0.05) is 12.1 Å². The van der Waals surface area contributed by atoms with E-state index in [1.165, 1.54) is 0 Å². The zero-order valence-corrected chi connectivity index (χ0v) is 12.8. The van der Waals surface area contributed by atoms with E-state index in [0.717, 1.165) is 17.2 Å². The summed E-state index contributed by atoms with van der Waals surface area (Å²) in [5.74, 6) is 0.242. The Bertz CT molecular complexity index is 755. The molecule has 1 aliphatic heterocycles. The van der Waals surface area contributed by atoms with Gasteiger partial charge in [-0.25, -0.2) is 8.42 Å². The van der Waals surface area contributed by atoms with E-state index < -0.39 is 10.0 Å². The average Bonchev–Trinajstić information content (AvgIpc) is 2.88. The lowest BCUT2D eigenvalue weighted by Gasteiger charge is -2.22. The molecule has 1 saturated heterocycles. The van der Waals surface area contributed by atoms with E-state index in [-0.39, 0.29) is 12.0 Å². The second-order valence-corrected chi connectivity index (χ2v) is 7.47. The Morgan fingerprint density at radius 1 is 1.38 bits per heavy atom. The van der Waals surface area contributed by atoms with Crippen molar-refractivity contribution >= 4 is 20.8 Å². The molecule has 0 amide bonds. The number of fused-ring (bicyclic) bond motifs is 1. The second-order valence-electron chi connectivity index (χ2n) is 5.61. The summed E-state index contributed by atoms with van der Waals surface area (Å²) in [5.41, 5.74) is 5.70. The van der Waals surface area contributed by atoms with Crippen molar-refractivity contribution in [1.82, 2.24) is 9.29 Å². The fourth-order valence-corrected chi connectivity index (χ4v) is 4.99. The summed E-state index contributed by atoms with van der Waals surface area (Å²) < 4.78 is 27.6. The molecule has 1 aromatic carbocycles. The van der Waals surface area contributed by atoms with Crippen molar-refractivity contribution in [2.45, 2.75) is 24.3 Å². The number of rotatable bonds is 3. The summed E-state index contributed by atoms with van der Waals surface area (Å²) in [6.45, 7) is 2.97. The first-order chi connectivity index (χ1) is 10.0. The molecule has 2 heterocycles. The Morgan fingerprint density at radius 2 is 2.19 bits per heavy atom. The number of hydrogen-bond acceptors (Lipinski definition) is 4. The van der Waals surface area contributed by atoms with Gasteiger partial charge in [-0.15, -0.1) is 0 Å². The number of sulfonamides is 1. The van der Waals surface area contributed by atoms with Crippen LogP contribution in [0.15, 0.2) is 41.6 Å². The van der Waals surface area contributed by atoms with Crippen LogP contribution < -0.4 is 5.73 Å². The first-order valence-corrected chi connectivity index (χ1v) is 8.52. The predicted octanol–water partition coefficient (Wildman–Crippen LogP) is 1.59. The first kappa shape index (κ1) is 14.4. The SMILES string of the molecule is CC1CC(CN)CN1S(=O)(=O)c1cccc2cnccc12. The highest BCUT2D eigenvalue weighted by molar-refractivity contribution is 7.89. The topological polar surface area (TPSA) is 76.3 Å². The van der Waals surface area contributed by atoms with Crippen LogP contribution in [0, 0.1) is 5.92 Å². The Kier molecular flexibility index (Phi) is 3.69. The Balaban J connectivity index is 2.09. The number of hydrogen-bond donors (Lipinski definition) is 1. The van der Waals surface area contributed by atoms with Crippen molar-refractivity contribution in [3.63, 3.8) is 0 Å². The van der Waals surface area contributed by atoms with Crippen molar-refractivity contribution in [2.75, 3.05) is 13.1 Å². The minimum Gasteiger partial charge on any atom is -0.330 e. The largest absolute Gasteiger partial charge is 0.330 e. The molecule has 2 aromatic rings. The van der Waals surface area contributed by atoms with Crippen LogP contribution in [0.2, 0.25) is 0 Å². The van der Waals surface area contributed by atoms with Crippen molar-refractivity contribution in [3.05, 3.63) is 36.7 Å². The summed E-state index contributed by atoms with van der Waals surface area (Å²) >= 11 is 0. The highest BCUT2D eigenvalue weighted by Crippen LogP contribution is 2.31. The smallest absolute Gasteiger partial charge is 0.243 e. The fourth-order valence-electron chi connectivity index (χ4n) is 3.06. The fraction of sp³-hybridized carbons (Fsp3) is 0.400. The molecular formula is C15H19N3O2S. The molecule has 3 rings (SSSR count). The van der Waals surface area contributed by atoms with Crippen LogP contribution in [0.25, 0.3) is 10.8 Å². The molecule has 0 spiro atoms. The number of nitrogens with zero attached hydrogens (tertiary/aromatic N) is 2. The van der Waals surface area contributed by atoms with Gasteiger partial charge in [0.05, 0.1) is 4.90 Å². The Hall–Kier alpha value is -1.50. The van der Waals surface area contributed by atoms with Crippen LogP contribution in [0.3, 0.4) is 0 Å². The molecule has 6 heteroatoms. The van der Waals surface area contributed by atoms with Gasteiger partial charge in [-0.2, -0.15) is 4.31 Å². The standard InChI is InChI=1S/C15H19N3O2S/c1-11-7-12(8-16)10-18(11)21(19,20)15-4-2-3-13-9-17-6-5-14(13)15/h2-6,9,11-12H,7-8,10,16H2,1H3. The maximum Gasteiger partial charge on any atom is 0.243 e. The number of aromatic nitrogens is 1. The van der Waals surface area contributed by atoms with E-state index in [2.05, 4.69) is 4.98 Å². The molecule has 1 aromatic heterocycles. The molecular weight excluding hydrogens is 286 g/mol.